The Labute approximate surface area is 233 Å². The van der Waals surface area contributed by atoms with E-state index in [0.717, 1.165) is 5.56 Å². The molecule has 0 aliphatic carbocycles. The predicted octanol–water partition coefficient (Wildman–Crippen LogP) is -2.70. The lowest BCUT2D eigenvalue weighted by Crippen LogP contribution is -2.60. The van der Waals surface area contributed by atoms with Gasteiger partial charge in [-0.2, -0.15) is 0 Å². The van der Waals surface area contributed by atoms with Crippen molar-refractivity contribution in [3.8, 4) is 0 Å². The monoisotopic (exact) mass is 563 g/mol. The topological polar surface area (TPSA) is 249 Å². The highest BCUT2D eigenvalue weighted by Gasteiger charge is 2.32. The predicted molar refractivity (Wildman–Crippen MR) is 146 cm³/mol. The van der Waals surface area contributed by atoms with E-state index in [4.69, 9.17) is 17.2 Å². The number of amides is 6. The van der Waals surface area contributed by atoms with Crippen LogP contribution in [0.4, 0.5) is 0 Å². The summed E-state index contributed by atoms with van der Waals surface area (Å²) in [4.78, 5) is 74.1. The fraction of sp³-hybridized carbons (Fsp3) is 0.538. The minimum absolute atomic E-state index is 0.0794. The Morgan fingerprint density at radius 2 is 1.35 bits per heavy atom. The first-order valence-electron chi connectivity index (χ1n) is 12.9. The third-order valence-electron chi connectivity index (χ3n) is 6.08. The Hall–Kier alpha value is -4.04. The van der Waals surface area contributed by atoms with Crippen LogP contribution < -0.4 is 38.5 Å². The van der Waals surface area contributed by atoms with Crippen molar-refractivity contribution in [1.82, 2.24) is 21.3 Å². The molecule has 1 rings (SSSR count). The molecule has 14 nitrogen and oxygen atoms in total. The molecule has 0 spiro atoms. The van der Waals surface area contributed by atoms with Crippen LogP contribution in [0.15, 0.2) is 30.3 Å². The summed E-state index contributed by atoms with van der Waals surface area (Å²) < 4.78 is 0. The van der Waals surface area contributed by atoms with Crippen molar-refractivity contribution < 1.29 is 33.9 Å². The van der Waals surface area contributed by atoms with Gasteiger partial charge in [-0.3, -0.25) is 28.8 Å². The molecule has 6 atom stereocenters. The van der Waals surface area contributed by atoms with E-state index in [2.05, 4.69) is 21.3 Å². The Kier molecular flexibility index (Phi) is 13.7. The van der Waals surface area contributed by atoms with E-state index in [1.54, 1.807) is 44.2 Å². The van der Waals surface area contributed by atoms with Gasteiger partial charge in [0.1, 0.15) is 30.2 Å². The van der Waals surface area contributed by atoms with Gasteiger partial charge in [-0.1, -0.05) is 44.2 Å². The molecule has 14 heteroatoms. The standard InChI is InChI=1S/C26H41N7O7/c1-13(2)21(26(40)30-14(3)23(37)31-17(22(29)36)10-11-19(27)35)33-24(38)18(12-16-8-6-5-7-9-16)32-25(39)20(28)15(4)34/h5-9,13-15,17-18,20-21,34H,10-12,28H2,1-4H3,(H2,27,35)(H2,29,36)(H,30,40)(H,31,37)(H,32,39)(H,33,38)/t14-,15+,17-,18-,20-,21-/m0/s1. The first-order valence-corrected chi connectivity index (χ1v) is 12.9. The lowest BCUT2D eigenvalue weighted by atomic mass is 10.00. The number of carbonyl (C=O) groups is 6. The zero-order chi connectivity index (χ0) is 30.6. The summed E-state index contributed by atoms with van der Waals surface area (Å²) in [6.45, 7) is 6.07. The first kappa shape index (κ1) is 34.0. The summed E-state index contributed by atoms with van der Waals surface area (Å²) in [7, 11) is 0. The summed E-state index contributed by atoms with van der Waals surface area (Å²) in [6, 6.07) is 3.03. The minimum Gasteiger partial charge on any atom is -0.391 e. The van der Waals surface area contributed by atoms with Crippen LogP contribution in [0.1, 0.15) is 46.1 Å². The van der Waals surface area contributed by atoms with Crippen molar-refractivity contribution in [1.29, 1.82) is 0 Å². The van der Waals surface area contributed by atoms with E-state index >= 15 is 0 Å². The number of aliphatic hydroxyl groups excluding tert-OH is 1. The van der Waals surface area contributed by atoms with Gasteiger partial charge in [0.2, 0.25) is 35.4 Å². The summed E-state index contributed by atoms with van der Waals surface area (Å²) in [5.74, 6) is -4.83. The van der Waals surface area contributed by atoms with Crippen molar-refractivity contribution in [3.05, 3.63) is 35.9 Å². The van der Waals surface area contributed by atoms with Crippen LogP contribution in [-0.4, -0.2) is 76.9 Å². The lowest BCUT2D eigenvalue weighted by Gasteiger charge is -2.27. The van der Waals surface area contributed by atoms with E-state index in [-0.39, 0.29) is 19.3 Å². The molecule has 1 aromatic carbocycles. The second kappa shape index (κ2) is 16.2. The smallest absolute Gasteiger partial charge is 0.243 e. The van der Waals surface area contributed by atoms with Gasteiger partial charge in [0.15, 0.2) is 0 Å². The second-order valence-electron chi connectivity index (χ2n) is 9.95. The van der Waals surface area contributed by atoms with Crippen molar-refractivity contribution in [2.75, 3.05) is 0 Å². The number of nitrogens with one attached hydrogen (secondary N) is 4. The maximum absolute atomic E-state index is 13.3. The van der Waals surface area contributed by atoms with E-state index < -0.39 is 77.7 Å². The number of rotatable bonds is 16. The third kappa shape index (κ3) is 11.4. The zero-order valence-corrected chi connectivity index (χ0v) is 23.2. The van der Waals surface area contributed by atoms with Crippen molar-refractivity contribution >= 4 is 35.4 Å². The van der Waals surface area contributed by atoms with Crippen LogP contribution in [0.3, 0.4) is 0 Å². The second-order valence-corrected chi connectivity index (χ2v) is 9.95. The number of carbonyl (C=O) groups excluding carboxylic acids is 6. The molecule has 40 heavy (non-hydrogen) atoms. The molecule has 0 unspecified atom stereocenters. The van der Waals surface area contributed by atoms with Crippen LogP contribution in [-0.2, 0) is 35.2 Å². The maximum Gasteiger partial charge on any atom is 0.243 e. The number of aliphatic hydroxyl groups is 1. The van der Waals surface area contributed by atoms with E-state index in [9.17, 15) is 33.9 Å². The minimum atomic E-state index is -1.28. The highest BCUT2D eigenvalue weighted by molar-refractivity contribution is 5.96. The Morgan fingerprint density at radius 1 is 0.775 bits per heavy atom. The van der Waals surface area contributed by atoms with Crippen molar-refractivity contribution in [2.45, 2.75) is 83.3 Å². The fourth-order valence-corrected chi connectivity index (χ4v) is 3.57. The Morgan fingerprint density at radius 3 is 1.85 bits per heavy atom. The van der Waals surface area contributed by atoms with Crippen LogP contribution >= 0.6 is 0 Å². The van der Waals surface area contributed by atoms with Gasteiger partial charge in [0.25, 0.3) is 0 Å². The zero-order valence-electron chi connectivity index (χ0n) is 23.2. The summed E-state index contributed by atoms with van der Waals surface area (Å²) >= 11 is 0. The summed E-state index contributed by atoms with van der Waals surface area (Å²) in [5, 5.41) is 19.7. The van der Waals surface area contributed by atoms with Gasteiger partial charge < -0.3 is 43.6 Å². The Balaban J connectivity index is 2.99. The quantitative estimate of drug-likeness (QED) is 0.105. The molecule has 0 saturated carbocycles. The van der Waals surface area contributed by atoms with Gasteiger partial charge in [-0.25, -0.2) is 0 Å². The molecule has 0 heterocycles. The number of nitrogens with two attached hydrogens (primary N) is 3. The molecule has 0 radical (unpaired) electrons. The molecule has 0 fully saturated rings. The van der Waals surface area contributed by atoms with Gasteiger partial charge in [0.05, 0.1) is 6.10 Å². The van der Waals surface area contributed by atoms with Crippen LogP contribution in [0.5, 0.6) is 0 Å². The van der Waals surface area contributed by atoms with E-state index in [1.807, 2.05) is 0 Å². The SMILES string of the molecule is CC(C)[C@H](NC(=O)[C@H](Cc1ccccc1)NC(=O)[C@@H](N)[C@@H](C)O)C(=O)N[C@@H](C)C(=O)N[C@@H](CCC(N)=O)C(N)=O. The van der Waals surface area contributed by atoms with Crippen LogP contribution in [0, 0.1) is 5.92 Å². The maximum atomic E-state index is 13.3. The Bertz CT molecular complexity index is 1050. The third-order valence-corrected chi connectivity index (χ3v) is 6.08. The molecule has 1 aromatic rings. The molecular weight excluding hydrogens is 522 g/mol. The average Bonchev–Trinajstić information content (AvgIpc) is 2.88. The molecular formula is C26H41N7O7. The molecule has 0 bridgehead atoms. The van der Waals surface area contributed by atoms with Crippen molar-refractivity contribution in [3.63, 3.8) is 0 Å². The number of benzene rings is 1. The van der Waals surface area contributed by atoms with Gasteiger partial charge >= 0.3 is 0 Å². The molecule has 0 aliphatic rings. The number of hydrogen-bond acceptors (Lipinski definition) is 8. The van der Waals surface area contributed by atoms with Gasteiger partial charge in [-0.15, -0.1) is 0 Å². The molecule has 0 aromatic heterocycles. The summed E-state index contributed by atoms with van der Waals surface area (Å²) in [6.07, 6.45) is -1.36. The van der Waals surface area contributed by atoms with Crippen LogP contribution in [0.25, 0.3) is 0 Å². The van der Waals surface area contributed by atoms with E-state index in [0.29, 0.717) is 0 Å². The number of hydrogen-bond donors (Lipinski definition) is 8. The average molecular weight is 564 g/mol. The molecule has 0 saturated heterocycles. The molecule has 6 amide bonds. The van der Waals surface area contributed by atoms with Gasteiger partial charge in [0, 0.05) is 12.8 Å². The first-order chi connectivity index (χ1) is 18.6. The lowest BCUT2D eigenvalue weighted by molar-refractivity contribution is -0.135. The van der Waals surface area contributed by atoms with E-state index in [1.165, 1.54) is 13.8 Å². The largest absolute Gasteiger partial charge is 0.391 e. The highest BCUT2D eigenvalue weighted by atomic mass is 16.3. The molecule has 222 valence electrons. The summed E-state index contributed by atoms with van der Waals surface area (Å²) in [5.41, 5.74) is 16.8. The highest BCUT2D eigenvalue weighted by Crippen LogP contribution is 2.08. The molecule has 0 aliphatic heterocycles. The fourth-order valence-electron chi connectivity index (χ4n) is 3.57. The van der Waals surface area contributed by atoms with Crippen LogP contribution in [0.2, 0.25) is 0 Å². The van der Waals surface area contributed by atoms with Crippen molar-refractivity contribution in [2.24, 2.45) is 23.1 Å². The van der Waals surface area contributed by atoms with Gasteiger partial charge in [-0.05, 0) is 31.7 Å². The normalized spacial score (nSPS) is 15.5. The number of primary amides is 2. The molecule has 11 N–H and O–H groups in total.